The largest absolute Gasteiger partial charge is 0.497 e. The second kappa shape index (κ2) is 7.75. The molecule has 5 nitrogen and oxygen atoms in total. The molecule has 0 saturated heterocycles. The molecule has 1 aromatic carbocycles. The summed E-state index contributed by atoms with van der Waals surface area (Å²) in [6.07, 6.45) is 0.998. The molecule has 1 unspecified atom stereocenters. The Labute approximate surface area is 121 Å². The Hall–Kier alpha value is -1.75. The van der Waals surface area contributed by atoms with Gasteiger partial charge in [0.1, 0.15) is 11.6 Å². The fraction of sp³-hybridized carbons (Fsp3) is 0.533. The monoisotopic (exact) mass is 279 g/mol. The third-order valence-electron chi connectivity index (χ3n) is 3.46. The van der Waals surface area contributed by atoms with E-state index in [0.29, 0.717) is 12.6 Å². The molecule has 0 saturated carbocycles. The summed E-state index contributed by atoms with van der Waals surface area (Å²) in [5, 5.41) is 7.75. The van der Waals surface area contributed by atoms with Crippen LogP contribution in [0.15, 0.2) is 18.2 Å². The number of anilines is 1. The third kappa shape index (κ3) is 3.87. The van der Waals surface area contributed by atoms with Gasteiger partial charge in [-0.1, -0.05) is 6.92 Å². The zero-order chi connectivity index (χ0) is 15.1. The predicted octanol–water partition coefficient (Wildman–Crippen LogP) is 2.23. The molecule has 1 atom stereocenters. The van der Waals surface area contributed by atoms with Crippen molar-refractivity contribution in [2.24, 2.45) is 5.73 Å². The molecule has 5 heteroatoms. The predicted molar refractivity (Wildman–Crippen MR) is 83.0 cm³/mol. The lowest BCUT2D eigenvalue weighted by molar-refractivity contribution is 0.203. The normalized spacial score (nSPS) is 12.0. The Morgan fingerprint density at radius 3 is 2.60 bits per heavy atom. The molecule has 20 heavy (non-hydrogen) atoms. The molecule has 0 fully saturated rings. The highest BCUT2D eigenvalue weighted by molar-refractivity contribution is 6.00. The van der Waals surface area contributed by atoms with E-state index in [0.717, 1.165) is 30.0 Å². The van der Waals surface area contributed by atoms with Gasteiger partial charge in [0.05, 0.1) is 19.4 Å². The van der Waals surface area contributed by atoms with E-state index in [1.807, 2.05) is 18.2 Å². The molecule has 0 aliphatic rings. The molecule has 0 radical (unpaired) electrons. The first-order chi connectivity index (χ1) is 9.54. The number of nitrogens with two attached hydrogens (primary N) is 1. The molecule has 0 amide bonds. The molecule has 0 spiro atoms. The van der Waals surface area contributed by atoms with E-state index in [4.69, 9.17) is 20.6 Å². The first-order valence-electron chi connectivity index (χ1n) is 6.83. The summed E-state index contributed by atoms with van der Waals surface area (Å²) in [7, 11) is 3.32. The topological polar surface area (TPSA) is 71.6 Å². The minimum absolute atomic E-state index is 0.0633. The van der Waals surface area contributed by atoms with Crippen LogP contribution in [0.2, 0.25) is 0 Å². The first-order valence-corrected chi connectivity index (χ1v) is 6.83. The van der Waals surface area contributed by atoms with E-state index in [9.17, 15) is 0 Å². The van der Waals surface area contributed by atoms with Crippen molar-refractivity contribution >= 4 is 11.5 Å². The van der Waals surface area contributed by atoms with Crippen LogP contribution in [0.1, 0.15) is 25.8 Å². The standard InChI is InChI=1S/C15H25N3O2/c1-5-11(2)18(8-9-19-3)14-10-12(20-4)6-7-13(14)15(16)17/h6-7,10-11H,5,8-9H2,1-4H3,(H3,16,17). The molecule has 112 valence electrons. The Morgan fingerprint density at radius 1 is 1.40 bits per heavy atom. The summed E-state index contributed by atoms with van der Waals surface area (Å²) in [5.74, 6) is 0.823. The third-order valence-corrected chi connectivity index (χ3v) is 3.46. The number of hydrogen-bond donors (Lipinski definition) is 2. The van der Waals surface area contributed by atoms with Crippen molar-refractivity contribution < 1.29 is 9.47 Å². The van der Waals surface area contributed by atoms with Gasteiger partial charge < -0.3 is 20.1 Å². The van der Waals surface area contributed by atoms with Gasteiger partial charge in [-0.05, 0) is 25.5 Å². The van der Waals surface area contributed by atoms with Crippen molar-refractivity contribution in [3.8, 4) is 5.75 Å². The van der Waals surface area contributed by atoms with E-state index in [2.05, 4.69) is 18.7 Å². The van der Waals surface area contributed by atoms with Gasteiger partial charge in [-0.25, -0.2) is 0 Å². The van der Waals surface area contributed by atoms with Crippen molar-refractivity contribution in [3.05, 3.63) is 23.8 Å². The summed E-state index contributed by atoms with van der Waals surface area (Å²) >= 11 is 0. The molecule has 1 aromatic rings. The van der Waals surface area contributed by atoms with Crippen LogP contribution in [0.5, 0.6) is 5.75 Å². The van der Waals surface area contributed by atoms with Gasteiger partial charge in [-0.3, -0.25) is 5.41 Å². The second-order valence-electron chi connectivity index (χ2n) is 4.74. The Bertz CT molecular complexity index is 449. The molecular weight excluding hydrogens is 254 g/mol. The maximum atomic E-state index is 7.75. The zero-order valence-corrected chi connectivity index (χ0v) is 12.8. The van der Waals surface area contributed by atoms with Crippen molar-refractivity contribution in [3.63, 3.8) is 0 Å². The smallest absolute Gasteiger partial charge is 0.124 e. The van der Waals surface area contributed by atoms with Gasteiger partial charge in [0.25, 0.3) is 0 Å². The van der Waals surface area contributed by atoms with Crippen molar-refractivity contribution in [1.29, 1.82) is 5.41 Å². The molecule has 0 aliphatic carbocycles. The Kier molecular flexibility index (Phi) is 6.31. The summed E-state index contributed by atoms with van der Waals surface area (Å²) in [6.45, 7) is 5.66. The van der Waals surface area contributed by atoms with Crippen LogP contribution in [-0.2, 0) is 4.74 Å². The maximum absolute atomic E-state index is 7.75. The number of methoxy groups -OCH3 is 2. The van der Waals surface area contributed by atoms with Gasteiger partial charge in [0.15, 0.2) is 0 Å². The van der Waals surface area contributed by atoms with Crippen LogP contribution in [0.4, 0.5) is 5.69 Å². The number of ether oxygens (including phenoxy) is 2. The fourth-order valence-electron chi connectivity index (χ4n) is 2.09. The Balaban J connectivity index is 3.23. The van der Waals surface area contributed by atoms with Crippen molar-refractivity contribution in [2.75, 3.05) is 32.3 Å². The number of nitrogens with zero attached hydrogens (tertiary/aromatic N) is 1. The molecule has 1 rings (SSSR count). The lowest BCUT2D eigenvalue weighted by Gasteiger charge is -2.32. The lowest BCUT2D eigenvalue weighted by Crippen LogP contribution is -2.37. The number of nitrogen functional groups attached to an aromatic ring is 1. The summed E-state index contributed by atoms with van der Waals surface area (Å²) in [5.41, 5.74) is 7.34. The zero-order valence-electron chi connectivity index (χ0n) is 12.8. The van der Waals surface area contributed by atoms with Gasteiger partial charge in [-0.15, -0.1) is 0 Å². The molecule has 0 bridgehead atoms. The van der Waals surface area contributed by atoms with Gasteiger partial charge in [-0.2, -0.15) is 0 Å². The highest BCUT2D eigenvalue weighted by atomic mass is 16.5. The van der Waals surface area contributed by atoms with Gasteiger partial charge >= 0.3 is 0 Å². The SMILES string of the molecule is CCC(C)N(CCOC)c1cc(OC)ccc1C(=N)N. The van der Waals surface area contributed by atoms with Crippen LogP contribution < -0.4 is 15.4 Å². The molecular formula is C15H25N3O2. The van der Waals surface area contributed by atoms with E-state index in [1.165, 1.54) is 0 Å². The van der Waals surface area contributed by atoms with Crippen LogP contribution in [0, 0.1) is 5.41 Å². The van der Waals surface area contributed by atoms with Gasteiger partial charge in [0.2, 0.25) is 0 Å². The molecule has 0 aromatic heterocycles. The number of rotatable bonds is 8. The summed E-state index contributed by atoms with van der Waals surface area (Å²) < 4.78 is 10.5. The minimum Gasteiger partial charge on any atom is -0.497 e. The number of benzene rings is 1. The number of amidine groups is 1. The quantitative estimate of drug-likeness (QED) is 0.565. The molecule has 3 N–H and O–H groups in total. The Morgan fingerprint density at radius 2 is 2.10 bits per heavy atom. The van der Waals surface area contributed by atoms with Crippen LogP contribution in [0.3, 0.4) is 0 Å². The lowest BCUT2D eigenvalue weighted by atomic mass is 10.1. The van der Waals surface area contributed by atoms with E-state index >= 15 is 0 Å². The highest BCUT2D eigenvalue weighted by Crippen LogP contribution is 2.28. The van der Waals surface area contributed by atoms with Crippen LogP contribution in [-0.4, -0.2) is 39.2 Å². The number of nitrogens with one attached hydrogen (secondary N) is 1. The fourth-order valence-corrected chi connectivity index (χ4v) is 2.09. The first kappa shape index (κ1) is 16.3. The highest BCUT2D eigenvalue weighted by Gasteiger charge is 2.18. The molecule has 0 heterocycles. The average molecular weight is 279 g/mol. The van der Waals surface area contributed by atoms with Crippen molar-refractivity contribution in [1.82, 2.24) is 0 Å². The van der Waals surface area contributed by atoms with E-state index in [1.54, 1.807) is 14.2 Å². The summed E-state index contributed by atoms with van der Waals surface area (Å²) in [6, 6.07) is 5.91. The molecule has 0 aliphatic heterocycles. The van der Waals surface area contributed by atoms with Crippen LogP contribution in [0.25, 0.3) is 0 Å². The van der Waals surface area contributed by atoms with E-state index < -0.39 is 0 Å². The van der Waals surface area contributed by atoms with Crippen LogP contribution >= 0.6 is 0 Å². The maximum Gasteiger partial charge on any atom is 0.124 e. The van der Waals surface area contributed by atoms with E-state index in [-0.39, 0.29) is 5.84 Å². The van der Waals surface area contributed by atoms with Gasteiger partial charge in [0, 0.05) is 31.3 Å². The average Bonchev–Trinajstić information content (AvgIpc) is 2.46. The number of hydrogen-bond acceptors (Lipinski definition) is 4. The van der Waals surface area contributed by atoms with Crippen molar-refractivity contribution in [2.45, 2.75) is 26.3 Å². The summed E-state index contributed by atoms with van der Waals surface area (Å²) in [4.78, 5) is 2.21. The minimum atomic E-state index is 0.0633. The second-order valence-corrected chi connectivity index (χ2v) is 4.74.